The number of ether oxygens (including phenoxy) is 1. The van der Waals surface area contributed by atoms with Crippen molar-refractivity contribution in [3.8, 4) is 5.75 Å². The molecule has 0 aliphatic carbocycles. The van der Waals surface area contributed by atoms with Crippen molar-refractivity contribution >= 4 is 46.1 Å². The Balaban J connectivity index is 1.58. The molecule has 28 heavy (non-hydrogen) atoms. The lowest BCUT2D eigenvalue weighted by Crippen LogP contribution is -2.10. The van der Waals surface area contributed by atoms with Crippen molar-refractivity contribution in [3.63, 3.8) is 0 Å². The van der Waals surface area contributed by atoms with Crippen molar-refractivity contribution in [2.24, 2.45) is 0 Å². The van der Waals surface area contributed by atoms with E-state index in [-0.39, 0.29) is 11.8 Å². The van der Waals surface area contributed by atoms with Crippen LogP contribution in [0.4, 0.5) is 11.4 Å². The minimum Gasteiger partial charge on any atom is -0.489 e. The normalized spacial score (nSPS) is 10.4. The monoisotopic (exact) mass is 414 g/mol. The predicted molar refractivity (Wildman–Crippen MR) is 114 cm³/mol. The van der Waals surface area contributed by atoms with E-state index in [1.165, 1.54) is 18.3 Å². The highest BCUT2D eigenvalue weighted by molar-refractivity contribution is 7.12. The first-order chi connectivity index (χ1) is 13.4. The maximum Gasteiger partial charge on any atom is 0.265 e. The molecule has 7 heteroatoms. The van der Waals surface area contributed by atoms with Crippen LogP contribution in [0.3, 0.4) is 0 Å². The van der Waals surface area contributed by atoms with Crippen LogP contribution in [0.1, 0.15) is 27.7 Å². The average molecular weight is 415 g/mol. The van der Waals surface area contributed by atoms with Crippen LogP contribution in [-0.2, 0) is 11.4 Å². The number of carbonyl (C=O) groups excluding carboxylic acids is 2. The summed E-state index contributed by atoms with van der Waals surface area (Å²) in [6, 6.07) is 14.2. The van der Waals surface area contributed by atoms with Gasteiger partial charge >= 0.3 is 0 Å². The Morgan fingerprint density at radius 2 is 1.71 bits per heavy atom. The molecule has 5 nitrogen and oxygen atoms in total. The van der Waals surface area contributed by atoms with Gasteiger partial charge in [0, 0.05) is 28.9 Å². The second-order valence-electron chi connectivity index (χ2n) is 6.23. The van der Waals surface area contributed by atoms with Crippen molar-refractivity contribution in [3.05, 3.63) is 74.9 Å². The Bertz CT molecular complexity index is 999. The minimum atomic E-state index is -0.189. The third kappa shape index (κ3) is 5.34. The van der Waals surface area contributed by atoms with E-state index in [9.17, 15) is 9.59 Å². The Hall–Kier alpha value is -2.83. The number of nitrogens with one attached hydrogen (secondary N) is 2. The predicted octanol–water partition coefficient (Wildman–Crippen LogP) is 5.50. The minimum absolute atomic E-state index is 0.140. The van der Waals surface area contributed by atoms with E-state index in [1.54, 1.807) is 30.3 Å². The summed E-state index contributed by atoms with van der Waals surface area (Å²) in [5.41, 5.74) is 3.22. The number of aryl methyl sites for hydroxylation is 1. The van der Waals surface area contributed by atoms with Crippen LogP contribution in [0.15, 0.2) is 53.9 Å². The van der Waals surface area contributed by atoms with Gasteiger partial charge in [0.15, 0.2) is 0 Å². The van der Waals surface area contributed by atoms with E-state index < -0.39 is 0 Å². The van der Waals surface area contributed by atoms with Gasteiger partial charge in [0.1, 0.15) is 12.4 Å². The highest BCUT2D eigenvalue weighted by Gasteiger charge is 2.11. The molecule has 0 saturated heterocycles. The highest BCUT2D eigenvalue weighted by atomic mass is 35.5. The zero-order valence-electron chi connectivity index (χ0n) is 15.4. The number of halogens is 1. The smallest absolute Gasteiger partial charge is 0.265 e. The topological polar surface area (TPSA) is 67.4 Å². The van der Waals surface area contributed by atoms with Gasteiger partial charge in [-0.1, -0.05) is 11.6 Å². The van der Waals surface area contributed by atoms with Crippen LogP contribution < -0.4 is 15.4 Å². The highest BCUT2D eigenvalue weighted by Crippen LogP contribution is 2.24. The maximum absolute atomic E-state index is 12.4. The fourth-order valence-electron chi connectivity index (χ4n) is 2.54. The van der Waals surface area contributed by atoms with Crippen molar-refractivity contribution in [2.75, 3.05) is 10.6 Å². The van der Waals surface area contributed by atoms with Crippen LogP contribution in [-0.4, -0.2) is 11.8 Å². The number of benzene rings is 2. The molecule has 2 aromatic carbocycles. The van der Waals surface area contributed by atoms with E-state index in [2.05, 4.69) is 10.6 Å². The molecule has 144 valence electrons. The molecule has 0 saturated carbocycles. The molecule has 0 aliphatic rings. The lowest BCUT2D eigenvalue weighted by Gasteiger charge is -2.08. The van der Waals surface area contributed by atoms with Crippen molar-refractivity contribution in [1.82, 2.24) is 0 Å². The third-order valence-electron chi connectivity index (χ3n) is 3.87. The van der Waals surface area contributed by atoms with Crippen LogP contribution in [0.2, 0.25) is 5.02 Å². The second-order valence-corrected chi connectivity index (χ2v) is 7.58. The van der Waals surface area contributed by atoms with E-state index in [4.69, 9.17) is 16.3 Å². The third-order valence-corrected chi connectivity index (χ3v) is 5.08. The van der Waals surface area contributed by atoms with Crippen molar-refractivity contribution in [2.45, 2.75) is 20.5 Å². The molecule has 1 heterocycles. The van der Waals surface area contributed by atoms with Gasteiger partial charge in [-0.3, -0.25) is 9.59 Å². The quantitative estimate of drug-likeness (QED) is 0.559. The molecule has 0 fully saturated rings. The van der Waals surface area contributed by atoms with Crippen molar-refractivity contribution < 1.29 is 14.3 Å². The number of amides is 2. The number of hydrogen-bond donors (Lipinski definition) is 2. The number of hydrogen-bond acceptors (Lipinski definition) is 4. The van der Waals surface area contributed by atoms with E-state index in [1.807, 2.05) is 30.5 Å². The molecular weight excluding hydrogens is 396 g/mol. The summed E-state index contributed by atoms with van der Waals surface area (Å²) in [4.78, 5) is 24.1. The Labute approximate surface area is 172 Å². The summed E-state index contributed by atoms with van der Waals surface area (Å²) in [6.45, 7) is 3.75. The molecule has 1 aromatic heterocycles. The summed E-state index contributed by atoms with van der Waals surface area (Å²) in [5.74, 6) is 0.436. The van der Waals surface area contributed by atoms with Gasteiger partial charge < -0.3 is 15.4 Å². The first-order valence-corrected chi connectivity index (χ1v) is 9.82. The first-order valence-electron chi connectivity index (χ1n) is 8.56. The van der Waals surface area contributed by atoms with Gasteiger partial charge in [-0.25, -0.2) is 0 Å². The molecule has 0 spiro atoms. The fraction of sp³-hybridized carbons (Fsp3) is 0.143. The van der Waals surface area contributed by atoms with E-state index in [0.717, 1.165) is 16.9 Å². The molecule has 2 amide bonds. The number of carbonyl (C=O) groups is 2. The second kappa shape index (κ2) is 8.91. The number of thiophene rings is 1. The molecule has 3 aromatic rings. The average Bonchev–Trinajstić information content (AvgIpc) is 3.11. The number of rotatable bonds is 6. The number of anilines is 2. The lowest BCUT2D eigenvalue weighted by atomic mass is 10.2. The largest absolute Gasteiger partial charge is 0.489 e. The summed E-state index contributed by atoms with van der Waals surface area (Å²) >= 11 is 7.31. The van der Waals surface area contributed by atoms with Gasteiger partial charge in [-0.05, 0) is 66.4 Å². The molecule has 0 aliphatic heterocycles. The lowest BCUT2D eigenvalue weighted by molar-refractivity contribution is -0.114. The molecular formula is C21H19ClN2O3S. The molecule has 0 atom stereocenters. The van der Waals surface area contributed by atoms with Crippen LogP contribution >= 0.6 is 22.9 Å². The summed E-state index contributed by atoms with van der Waals surface area (Å²) < 4.78 is 5.82. The van der Waals surface area contributed by atoms with Crippen LogP contribution in [0.25, 0.3) is 0 Å². The van der Waals surface area contributed by atoms with Crippen LogP contribution in [0, 0.1) is 6.92 Å². The summed E-state index contributed by atoms with van der Waals surface area (Å²) in [7, 11) is 0. The van der Waals surface area contributed by atoms with E-state index in [0.29, 0.717) is 27.9 Å². The molecule has 3 rings (SSSR count). The van der Waals surface area contributed by atoms with Gasteiger partial charge in [0.05, 0.1) is 4.88 Å². The first kappa shape index (κ1) is 19.9. The Morgan fingerprint density at radius 1 is 1.04 bits per heavy atom. The van der Waals surface area contributed by atoms with Gasteiger partial charge in [0.25, 0.3) is 5.91 Å². The standard InChI is InChI=1S/C21H19ClN2O3S/c1-13-9-16(22)3-8-19(13)27-11-15-10-20(28-12-15)21(26)24-18-6-4-17(5-7-18)23-14(2)25/h3-10,12H,11H2,1-2H3,(H,23,25)(H,24,26). The zero-order chi connectivity index (χ0) is 20.1. The van der Waals surface area contributed by atoms with Crippen molar-refractivity contribution in [1.29, 1.82) is 0 Å². The van der Waals surface area contributed by atoms with Gasteiger partial charge in [-0.15, -0.1) is 11.3 Å². The summed E-state index contributed by atoms with van der Waals surface area (Å²) in [5, 5.41) is 8.10. The SMILES string of the molecule is CC(=O)Nc1ccc(NC(=O)c2cc(COc3ccc(Cl)cc3C)cs2)cc1. The fourth-order valence-corrected chi connectivity index (χ4v) is 3.56. The van der Waals surface area contributed by atoms with E-state index >= 15 is 0 Å². The molecule has 0 unspecified atom stereocenters. The molecule has 0 bridgehead atoms. The zero-order valence-corrected chi connectivity index (χ0v) is 17.0. The maximum atomic E-state index is 12.4. The van der Waals surface area contributed by atoms with Gasteiger partial charge in [-0.2, -0.15) is 0 Å². The molecule has 2 N–H and O–H groups in total. The summed E-state index contributed by atoms with van der Waals surface area (Å²) in [6.07, 6.45) is 0. The Kier molecular flexibility index (Phi) is 6.34. The molecule has 0 radical (unpaired) electrons. The van der Waals surface area contributed by atoms with Gasteiger partial charge in [0.2, 0.25) is 5.91 Å². The van der Waals surface area contributed by atoms with Crippen LogP contribution in [0.5, 0.6) is 5.75 Å². The Morgan fingerprint density at radius 3 is 2.36 bits per heavy atom.